The SMILES string of the molecule is COc1ccc2c(c1OC)C(=O)N1c3ccccc3C(=O)N(CCC(=O)NC[C@@H]3C[C@H]4C=C[C@H]3C4)[C@H]21. The number of anilines is 1. The van der Waals surface area contributed by atoms with Crippen molar-refractivity contribution in [2.45, 2.75) is 25.4 Å². The van der Waals surface area contributed by atoms with Crippen LogP contribution in [-0.4, -0.2) is 49.9 Å². The van der Waals surface area contributed by atoms with Crippen molar-refractivity contribution in [2.24, 2.45) is 17.8 Å². The lowest BCUT2D eigenvalue weighted by atomic mass is 9.93. The Morgan fingerprint density at radius 2 is 1.86 bits per heavy atom. The molecule has 0 radical (unpaired) electrons. The molecule has 0 aromatic heterocycles. The molecule has 1 N–H and O–H groups in total. The molecule has 0 spiro atoms. The molecule has 6 rings (SSSR count). The van der Waals surface area contributed by atoms with Crippen LogP contribution in [0.4, 0.5) is 5.69 Å². The fourth-order valence-electron chi connectivity index (χ4n) is 6.34. The first kappa shape index (κ1) is 22.6. The van der Waals surface area contributed by atoms with Gasteiger partial charge in [-0.25, -0.2) is 0 Å². The van der Waals surface area contributed by atoms with E-state index in [4.69, 9.17) is 9.47 Å². The maximum atomic E-state index is 13.7. The number of hydrogen-bond donors (Lipinski definition) is 1. The number of carbonyl (C=O) groups is 3. The standard InChI is InChI=1S/C28H29N3O5/c1-35-22-10-9-20-24(25(22)36-2)28(34)31-21-6-4-3-5-19(21)27(33)30(26(20)31)12-11-23(32)29-15-18-14-16-7-8-17(18)13-16/h3-10,16-18,26H,11-15H2,1-2H3,(H,29,32)/t16-,17-,18-,26-/m0/s1. The van der Waals surface area contributed by atoms with E-state index in [0.717, 1.165) is 6.42 Å². The van der Waals surface area contributed by atoms with Gasteiger partial charge in [-0.15, -0.1) is 0 Å². The smallest absolute Gasteiger partial charge is 0.264 e. The number of methoxy groups -OCH3 is 2. The van der Waals surface area contributed by atoms with Crippen molar-refractivity contribution in [3.05, 3.63) is 65.2 Å². The number of para-hydroxylation sites is 1. The largest absolute Gasteiger partial charge is 0.493 e. The van der Waals surface area contributed by atoms with Crippen molar-refractivity contribution in [1.82, 2.24) is 10.2 Å². The summed E-state index contributed by atoms with van der Waals surface area (Å²) in [6, 6.07) is 10.6. The van der Waals surface area contributed by atoms with Crippen LogP contribution in [-0.2, 0) is 4.79 Å². The molecular formula is C28H29N3O5. The van der Waals surface area contributed by atoms with Crippen LogP contribution in [0.1, 0.15) is 51.7 Å². The number of benzene rings is 2. The number of ether oxygens (including phenoxy) is 2. The summed E-state index contributed by atoms with van der Waals surface area (Å²) in [5.74, 6) is 1.96. The molecule has 36 heavy (non-hydrogen) atoms. The Labute approximate surface area is 209 Å². The average Bonchev–Trinajstić information content (AvgIpc) is 3.60. The summed E-state index contributed by atoms with van der Waals surface area (Å²) in [6.45, 7) is 0.854. The van der Waals surface area contributed by atoms with Crippen LogP contribution >= 0.6 is 0 Å². The van der Waals surface area contributed by atoms with Crippen LogP contribution in [0.3, 0.4) is 0 Å². The van der Waals surface area contributed by atoms with Gasteiger partial charge in [0.1, 0.15) is 6.17 Å². The van der Waals surface area contributed by atoms with Crippen molar-refractivity contribution in [3.8, 4) is 11.5 Å². The predicted octanol–water partition coefficient (Wildman–Crippen LogP) is 3.54. The zero-order valence-electron chi connectivity index (χ0n) is 20.4. The lowest BCUT2D eigenvalue weighted by Gasteiger charge is -2.40. The Kier molecular flexibility index (Phi) is 5.47. The Morgan fingerprint density at radius 3 is 2.58 bits per heavy atom. The number of hydrogen-bond acceptors (Lipinski definition) is 5. The minimum atomic E-state index is -0.654. The van der Waals surface area contributed by atoms with Gasteiger partial charge in [0.15, 0.2) is 11.5 Å². The maximum Gasteiger partial charge on any atom is 0.264 e. The van der Waals surface area contributed by atoms with E-state index >= 15 is 0 Å². The number of carbonyl (C=O) groups excluding carboxylic acids is 3. The van der Waals surface area contributed by atoms with Gasteiger partial charge < -0.3 is 19.7 Å². The fraction of sp³-hybridized carbons (Fsp3) is 0.393. The summed E-state index contributed by atoms with van der Waals surface area (Å²) in [6.07, 6.45) is 6.40. The molecule has 2 bridgehead atoms. The molecule has 2 heterocycles. The van der Waals surface area contributed by atoms with Gasteiger partial charge in [0.2, 0.25) is 5.91 Å². The molecule has 3 amide bonds. The Hall–Kier alpha value is -3.81. The normalized spacial score (nSPS) is 25.1. The number of rotatable bonds is 7. The molecule has 2 aromatic rings. The summed E-state index contributed by atoms with van der Waals surface area (Å²) in [5.41, 5.74) is 2.04. The van der Waals surface area contributed by atoms with E-state index in [1.807, 2.05) is 6.07 Å². The van der Waals surface area contributed by atoms with Crippen molar-refractivity contribution >= 4 is 23.4 Å². The molecule has 0 saturated heterocycles. The second-order valence-corrected chi connectivity index (χ2v) is 9.92. The van der Waals surface area contributed by atoms with Crippen LogP contribution in [0, 0.1) is 17.8 Å². The Bertz CT molecular complexity index is 1290. The van der Waals surface area contributed by atoms with E-state index in [0.29, 0.717) is 58.2 Å². The summed E-state index contributed by atoms with van der Waals surface area (Å²) >= 11 is 0. The molecule has 1 fully saturated rings. The second kappa shape index (κ2) is 8.69. The topological polar surface area (TPSA) is 88.2 Å². The third-order valence-corrected chi connectivity index (χ3v) is 8.04. The van der Waals surface area contributed by atoms with Gasteiger partial charge in [-0.05, 0) is 48.8 Å². The zero-order chi connectivity index (χ0) is 25.0. The van der Waals surface area contributed by atoms with Crippen LogP contribution in [0.2, 0.25) is 0 Å². The summed E-state index contributed by atoms with van der Waals surface area (Å²) in [4.78, 5) is 43.4. The molecule has 8 heteroatoms. The van der Waals surface area contributed by atoms with E-state index in [1.165, 1.54) is 20.6 Å². The number of allylic oxidation sites excluding steroid dienone is 2. The van der Waals surface area contributed by atoms with E-state index < -0.39 is 6.17 Å². The molecule has 4 aliphatic rings. The first-order valence-corrected chi connectivity index (χ1v) is 12.4. The quantitative estimate of drug-likeness (QED) is 0.604. The first-order valence-electron chi connectivity index (χ1n) is 12.4. The van der Waals surface area contributed by atoms with Gasteiger partial charge in [-0.1, -0.05) is 30.4 Å². The van der Waals surface area contributed by atoms with E-state index in [1.54, 1.807) is 40.1 Å². The molecule has 186 valence electrons. The van der Waals surface area contributed by atoms with Crippen LogP contribution in [0.15, 0.2) is 48.6 Å². The third kappa shape index (κ3) is 3.38. The maximum absolute atomic E-state index is 13.7. The fourth-order valence-corrected chi connectivity index (χ4v) is 6.34. The minimum absolute atomic E-state index is 0.0863. The Morgan fingerprint density at radius 1 is 1.03 bits per heavy atom. The predicted molar refractivity (Wildman–Crippen MR) is 133 cm³/mol. The van der Waals surface area contributed by atoms with Crippen molar-refractivity contribution in [1.29, 1.82) is 0 Å². The third-order valence-electron chi connectivity index (χ3n) is 8.04. The number of fused-ring (bicyclic) bond motifs is 7. The highest BCUT2D eigenvalue weighted by Crippen LogP contribution is 2.49. The van der Waals surface area contributed by atoms with E-state index in [9.17, 15) is 14.4 Å². The number of nitrogens with zero attached hydrogens (tertiary/aromatic N) is 2. The van der Waals surface area contributed by atoms with Gasteiger partial charge in [0, 0.05) is 25.1 Å². The summed E-state index contributed by atoms with van der Waals surface area (Å²) in [7, 11) is 3.02. The molecule has 0 unspecified atom stereocenters. The number of amides is 3. The highest BCUT2D eigenvalue weighted by Gasteiger charge is 2.49. The molecular weight excluding hydrogens is 458 g/mol. The van der Waals surface area contributed by atoms with Crippen molar-refractivity contribution in [2.75, 3.05) is 32.2 Å². The van der Waals surface area contributed by atoms with Gasteiger partial charge >= 0.3 is 0 Å². The van der Waals surface area contributed by atoms with Gasteiger partial charge in [-0.3, -0.25) is 19.3 Å². The second-order valence-electron chi connectivity index (χ2n) is 9.92. The molecule has 1 saturated carbocycles. The lowest BCUT2D eigenvalue weighted by molar-refractivity contribution is -0.121. The van der Waals surface area contributed by atoms with E-state index in [-0.39, 0.29) is 30.7 Å². The summed E-state index contributed by atoms with van der Waals surface area (Å²) < 4.78 is 11.0. The molecule has 2 aliphatic carbocycles. The van der Waals surface area contributed by atoms with E-state index in [2.05, 4.69) is 17.5 Å². The lowest BCUT2D eigenvalue weighted by Crippen LogP contribution is -2.49. The molecule has 2 aliphatic heterocycles. The minimum Gasteiger partial charge on any atom is -0.493 e. The Balaban J connectivity index is 1.27. The highest BCUT2D eigenvalue weighted by atomic mass is 16.5. The summed E-state index contributed by atoms with van der Waals surface area (Å²) in [5, 5.41) is 3.08. The van der Waals surface area contributed by atoms with Crippen molar-refractivity contribution in [3.63, 3.8) is 0 Å². The zero-order valence-corrected chi connectivity index (χ0v) is 20.4. The van der Waals surface area contributed by atoms with Crippen LogP contribution in [0.5, 0.6) is 11.5 Å². The van der Waals surface area contributed by atoms with Gasteiger partial charge in [0.25, 0.3) is 11.8 Å². The molecule has 2 aromatic carbocycles. The van der Waals surface area contributed by atoms with Crippen LogP contribution in [0.25, 0.3) is 0 Å². The monoisotopic (exact) mass is 487 g/mol. The van der Waals surface area contributed by atoms with Crippen molar-refractivity contribution < 1.29 is 23.9 Å². The molecule has 8 nitrogen and oxygen atoms in total. The number of nitrogens with one attached hydrogen (secondary N) is 1. The first-order chi connectivity index (χ1) is 17.5. The van der Waals surface area contributed by atoms with Gasteiger partial charge in [0.05, 0.1) is 31.0 Å². The highest BCUT2D eigenvalue weighted by molar-refractivity contribution is 6.18. The molecule has 4 atom stereocenters. The van der Waals surface area contributed by atoms with Crippen LogP contribution < -0.4 is 19.7 Å². The van der Waals surface area contributed by atoms with Gasteiger partial charge in [-0.2, -0.15) is 0 Å². The average molecular weight is 488 g/mol.